The van der Waals surface area contributed by atoms with E-state index in [-0.39, 0.29) is 11.8 Å². The van der Waals surface area contributed by atoms with Crippen LogP contribution >= 0.6 is 0 Å². The van der Waals surface area contributed by atoms with Crippen molar-refractivity contribution >= 4 is 17.3 Å². The van der Waals surface area contributed by atoms with Gasteiger partial charge in [0.1, 0.15) is 0 Å². The van der Waals surface area contributed by atoms with Gasteiger partial charge >= 0.3 is 0 Å². The molecule has 1 heterocycles. The van der Waals surface area contributed by atoms with Crippen LogP contribution in [0.25, 0.3) is 0 Å². The predicted molar refractivity (Wildman–Crippen MR) is 85.6 cm³/mol. The number of benzene rings is 1. The zero-order valence-electron chi connectivity index (χ0n) is 12.6. The Morgan fingerprint density at radius 1 is 1.14 bits per heavy atom. The van der Waals surface area contributed by atoms with Crippen LogP contribution in [0.2, 0.25) is 0 Å². The minimum Gasteiger partial charge on any atom is -0.372 e. The highest BCUT2D eigenvalue weighted by molar-refractivity contribution is 5.99. The molecule has 4 nitrogen and oxygen atoms in total. The summed E-state index contributed by atoms with van der Waals surface area (Å²) < 4.78 is 0. The number of carbonyl (C=O) groups excluding carboxylic acids is 1. The summed E-state index contributed by atoms with van der Waals surface area (Å²) in [6, 6.07) is 8.49. The van der Waals surface area contributed by atoms with E-state index in [2.05, 4.69) is 39.7 Å². The van der Waals surface area contributed by atoms with Gasteiger partial charge < -0.3 is 4.90 Å². The van der Waals surface area contributed by atoms with Gasteiger partial charge in [-0.15, -0.1) is 0 Å². The van der Waals surface area contributed by atoms with E-state index in [4.69, 9.17) is 0 Å². The third-order valence-corrected chi connectivity index (χ3v) is 4.29. The molecule has 4 heteroatoms. The first-order valence-corrected chi connectivity index (χ1v) is 7.93. The summed E-state index contributed by atoms with van der Waals surface area (Å²) in [5, 5.41) is 4.20. The lowest BCUT2D eigenvalue weighted by Gasteiger charge is -2.28. The third kappa shape index (κ3) is 3.63. The number of carbonyl (C=O) groups is 1. The lowest BCUT2D eigenvalue weighted by atomic mass is 10.1. The van der Waals surface area contributed by atoms with Gasteiger partial charge in [0.05, 0.1) is 5.71 Å². The summed E-state index contributed by atoms with van der Waals surface area (Å²) in [5.41, 5.74) is 5.86. The molecule has 2 fully saturated rings. The van der Waals surface area contributed by atoms with Crippen LogP contribution in [0.3, 0.4) is 0 Å². The molecule has 0 radical (unpaired) electrons. The number of hydrogen-bond acceptors (Lipinski definition) is 3. The van der Waals surface area contributed by atoms with Crippen LogP contribution < -0.4 is 10.3 Å². The van der Waals surface area contributed by atoms with Gasteiger partial charge in [0.25, 0.3) is 0 Å². The normalized spacial score (nSPS) is 19.5. The minimum atomic E-state index is 0.0549. The lowest BCUT2D eigenvalue weighted by Crippen LogP contribution is -2.29. The summed E-state index contributed by atoms with van der Waals surface area (Å²) in [4.78, 5) is 14.0. The fourth-order valence-corrected chi connectivity index (χ4v) is 2.71. The SMILES string of the molecule is C/C(=N\NC(=O)C1CC1)c1ccc(N2CCCCC2)cc1. The second-order valence-corrected chi connectivity index (χ2v) is 6.04. The molecule has 112 valence electrons. The first-order valence-electron chi connectivity index (χ1n) is 7.93. The second kappa shape index (κ2) is 6.29. The average Bonchev–Trinajstić information content (AvgIpc) is 3.38. The van der Waals surface area contributed by atoms with Gasteiger partial charge in [0.2, 0.25) is 5.91 Å². The number of nitrogens with one attached hydrogen (secondary N) is 1. The summed E-state index contributed by atoms with van der Waals surface area (Å²) >= 11 is 0. The van der Waals surface area contributed by atoms with Crippen molar-refractivity contribution in [1.82, 2.24) is 5.43 Å². The molecule has 3 rings (SSSR count). The van der Waals surface area contributed by atoms with Gasteiger partial charge in [-0.1, -0.05) is 12.1 Å². The van der Waals surface area contributed by atoms with Crippen LogP contribution in [0.4, 0.5) is 5.69 Å². The maximum atomic E-state index is 11.6. The van der Waals surface area contributed by atoms with Crippen molar-refractivity contribution in [3.05, 3.63) is 29.8 Å². The van der Waals surface area contributed by atoms with Crippen molar-refractivity contribution in [2.45, 2.75) is 39.0 Å². The standard InChI is InChI=1S/C17H23N3O/c1-13(18-19-17(21)15-5-6-15)14-7-9-16(10-8-14)20-11-3-2-4-12-20/h7-10,15H,2-6,11-12H2,1H3,(H,19,21)/b18-13+. The predicted octanol–water partition coefficient (Wildman–Crippen LogP) is 2.93. The van der Waals surface area contributed by atoms with Crippen molar-refractivity contribution in [3.8, 4) is 0 Å². The van der Waals surface area contributed by atoms with Gasteiger partial charge in [-0.2, -0.15) is 5.10 Å². The van der Waals surface area contributed by atoms with Crippen LogP contribution in [-0.4, -0.2) is 24.7 Å². The third-order valence-electron chi connectivity index (χ3n) is 4.29. The molecule has 1 saturated carbocycles. The van der Waals surface area contributed by atoms with Gasteiger partial charge in [-0.05, 0) is 56.7 Å². The quantitative estimate of drug-likeness (QED) is 0.683. The monoisotopic (exact) mass is 285 g/mol. The average molecular weight is 285 g/mol. The number of piperidine rings is 1. The van der Waals surface area contributed by atoms with E-state index in [0.29, 0.717) is 0 Å². The maximum Gasteiger partial charge on any atom is 0.243 e. The molecule has 2 aliphatic rings. The van der Waals surface area contributed by atoms with Gasteiger partial charge in [-0.3, -0.25) is 4.79 Å². The molecular formula is C17H23N3O. The van der Waals surface area contributed by atoms with Crippen LogP contribution in [0.5, 0.6) is 0 Å². The van der Waals surface area contributed by atoms with Crippen LogP contribution in [0.15, 0.2) is 29.4 Å². The molecule has 21 heavy (non-hydrogen) atoms. The van der Waals surface area contributed by atoms with Crippen molar-refractivity contribution < 1.29 is 4.79 Å². The molecule has 0 aromatic heterocycles. The maximum absolute atomic E-state index is 11.6. The number of hydrazone groups is 1. The van der Waals surface area contributed by atoms with Crippen molar-refractivity contribution in [1.29, 1.82) is 0 Å². The highest BCUT2D eigenvalue weighted by atomic mass is 16.2. The topological polar surface area (TPSA) is 44.7 Å². The second-order valence-electron chi connectivity index (χ2n) is 6.04. The highest BCUT2D eigenvalue weighted by Gasteiger charge is 2.29. The highest BCUT2D eigenvalue weighted by Crippen LogP contribution is 2.28. The lowest BCUT2D eigenvalue weighted by molar-refractivity contribution is -0.122. The Morgan fingerprint density at radius 3 is 2.43 bits per heavy atom. The van der Waals surface area contributed by atoms with Crippen LogP contribution in [0.1, 0.15) is 44.6 Å². The van der Waals surface area contributed by atoms with Crippen molar-refractivity contribution in [3.63, 3.8) is 0 Å². The van der Waals surface area contributed by atoms with E-state index >= 15 is 0 Å². The molecule has 1 aliphatic heterocycles. The van der Waals surface area contributed by atoms with Crippen LogP contribution in [0, 0.1) is 5.92 Å². The largest absolute Gasteiger partial charge is 0.372 e. The molecule has 1 N–H and O–H groups in total. The smallest absolute Gasteiger partial charge is 0.243 e. The molecule has 1 amide bonds. The Morgan fingerprint density at radius 2 is 1.81 bits per heavy atom. The van der Waals surface area contributed by atoms with Gasteiger partial charge in [0.15, 0.2) is 0 Å². The van der Waals surface area contributed by atoms with E-state index < -0.39 is 0 Å². The number of hydrogen-bond donors (Lipinski definition) is 1. The Hall–Kier alpha value is -1.84. The van der Waals surface area contributed by atoms with E-state index in [1.54, 1.807) is 0 Å². The minimum absolute atomic E-state index is 0.0549. The zero-order chi connectivity index (χ0) is 14.7. The summed E-state index contributed by atoms with van der Waals surface area (Å²) in [6.07, 6.45) is 5.93. The fraction of sp³-hybridized carbons (Fsp3) is 0.529. The molecule has 0 spiro atoms. The first-order chi connectivity index (χ1) is 10.2. The Kier molecular flexibility index (Phi) is 4.23. The van der Waals surface area contributed by atoms with Gasteiger partial charge in [0, 0.05) is 24.7 Å². The summed E-state index contributed by atoms with van der Waals surface area (Å²) in [5.74, 6) is 0.252. The molecule has 1 aliphatic carbocycles. The molecule has 1 aromatic rings. The number of amides is 1. The number of nitrogens with zero attached hydrogens (tertiary/aromatic N) is 2. The Balaban J connectivity index is 1.62. The van der Waals surface area contributed by atoms with Gasteiger partial charge in [-0.25, -0.2) is 5.43 Å². The van der Waals surface area contributed by atoms with E-state index in [1.807, 2.05) is 6.92 Å². The molecule has 1 aromatic carbocycles. The Bertz CT molecular complexity index is 525. The molecular weight excluding hydrogens is 262 g/mol. The molecule has 0 bridgehead atoms. The molecule has 0 unspecified atom stereocenters. The first kappa shape index (κ1) is 14.1. The van der Waals surface area contributed by atoms with Crippen LogP contribution in [-0.2, 0) is 4.79 Å². The number of rotatable bonds is 4. The zero-order valence-corrected chi connectivity index (χ0v) is 12.6. The summed E-state index contributed by atoms with van der Waals surface area (Å²) in [7, 11) is 0. The van der Waals surface area contributed by atoms with E-state index in [0.717, 1.165) is 37.2 Å². The Labute approximate surface area is 126 Å². The number of anilines is 1. The van der Waals surface area contributed by atoms with Crippen molar-refractivity contribution in [2.75, 3.05) is 18.0 Å². The summed E-state index contributed by atoms with van der Waals surface area (Å²) in [6.45, 7) is 4.25. The van der Waals surface area contributed by atoms with E-state index in [1.165, 1.54) is 24.9 Å². The fourth-order valence-electron chi connectivity index (χ4n) is 2.71. The molecule has 1 saturated heterocycles. The van der Waals surface area contributed by atoms with Crippen molar-refractivity contribution in [2.24, 2.45) is 11.0 Å². The molecule has 0 atom stereocenters. The van der Waals surface area contributed by atoms with E-state index in [9.17, 15) is 4.79 Å².